The molecular formula is C38H43F4N5O7S. The second kappa shape index (κ2) is 14.4. The van der Waals surface area contributed by atoms with E-state index in [0.29, 0.717) is 49.7 Å². The Kier molecular flexibility index (Phi) is 10.1. The number of fused-ring (bicyclic) bond motifs is 3. The number of carbonyl (C=O) groups excluding carboxylic acids is 4. The summed E-state index contributed by atoms with van der Waals surface area (Å²) in [7, 11) is -4.06. The summed E-state index contributed by atoms with van der Waals surface area (Å²) >= 11 is 0. The highest BCUT2D eigenvalue weighted by molar-refractivity contribution is 7.91. The van der Waals surface area contributed by atoms with Crippen molar-refractivity contribution in [3.63, 3.8) is 0 Å². The molecule has 2 aliphatic carbocycles. The molecule has 1 saturated heterocycles. The van der Waals surface area contributed by atoms with Gasteiger partial charge in [0.15, 0.2) is 0 Å². The van der Waals surface area contributed by atoms with Gasteiger partial charge in [-0.1, -0.05) is 43.2 Å². The van der Waals surface area contributed by atoms with Gasteiger partial charge in [-0.05, 0) is 75.3 Å². The zero-order valence-electron chi connectivity index (χ0n) is 30.2. The number of nitrogens with one attached hydrogen (secondary N) is 3. The van der Waals surface area contributed by atoms with Crippen molar-refractivity contribution < 1.29 is 49.9 Å². The molecular weight excluding hydrogens is 747 g/mol. The van der Waals surface area contributed by atoms with Gasteiger partial charge in [0.1, 0.15) is 29.5 Å². The molecule has 0 radical (unpaired) electrons. The van der Waals surface area contributed by atoms with Crippen molar-refractivity contribution >= 4 is 39.5 Å². The Balaban J connectivity index is 1.16. The highest BCUT2D eigenvalue weighted by atomic mass is 32.2. The number of halogens is 4. The van der Waals surface area contributed by atoms with Crippen molar-refractivity contribution in [1.82, 2.24) is 19.8 Å². The summed E-state index contributed by atoms with van der Waals surface area (Å²) in [6.07, 6.45) is 0.552. The maximum Gasteiger partial charge on any atom is 0.416 e. The third-order valence-corrected chi connectivity index (χ3v) is 13.6. The van der Waals surface area contributed by atoms with Crippen LogP contribution in [0.25, 0.3) is 0 Å². The molecule has 5 aliphatic rings. The SMILES string of the molecule is CC1(S(=O)(=O)NC(=O)[C@@]23C[C@H]2/C=C\CCCCC[C@H](Nc2cccc(C(F)(F)F)c2)C(=O)N2C[C@H](OC(=O)N4Cc5cccc(F)c5C4)C[C@H]2C(=O)N3)CC1. The first-order valence-corrected chi connectivity index (χ1v) is 20.0. The lowest BCUT2D eigenvalue weighted by atomic mass is 10.0. The third-order valence-electron chi connectivity index (χ3n) is 11.5. The van der Waals surface area contributed by atoms with Crippen LogP contribution in [0.5, 0.6) is 0 Å². The average molecular weight is 790 g/mol. The summed E-state index contributed by atoms with van der Waals surface area (Å²) in [5.74, 6) is -3.30. The fourth-order valence-corrected chi connectivity index (χ4v) is 8.97. The van der Waals surface area contributed by atoms with E-state index >= 15 is 0 Å². The second-order valence-electron chi connectivity index (χ2n) is 15.5. The standard InChI is InChI=1S/C38H43F4N5O7S/c1-36(15-16-36)55(52,53)45-34(50)37-19-25(37)10-5-3-2-4-6-14-30(43-26-12-8-11-24(17-26)38(40,41)42)33(49)47-21-27(18-31(47)32(48)44-37)54-35(51)46-20-23-9-7-13-29(39)28(23)22-46/h5,7-13,17,25,27,30-31,43H,2-4,6,14-16,18-22H2,1H3,(H,44,48)(H,45,50)/b10-5-/t25-,27-,30+,31+,37-/m1/s1. The number of ether oxygens (including phenoxy) is 1. The van der Waals surface area contributed by atoms with E-state index in [0.717, 1.165) is 12.1 Å². The maximum absolute atomic E-state index is 14.5. The smallest absolute Gasteiger partial charge is 0.416 e. The van der Waals surface area contributed by atoms with Crippen LogP contribution >= 0.6 is 0 Å². The van der Waals surface area contributed by atoms with Crippen molar-refractivity contribution in [2.24, 2.45) is 5.92 Å². The predicted molar refractivity (Wildman–Crippen MR) is 191 cm³/mol. The van der Waals surface area contributed by atoms with Crippen molar-refractivity contribution in [2.75, 3.05) is 11.9 Å². The number of carbonyl (C=O) groups is 4. The lowest BCUT2D eigenvalue weighted by molar-refractivity contribution is -0.140. The van der Waals surface area contributed by atoms with E-state index in [-0.39, 0.29) is 44.6 Å². The van der Waals surface area contributed by atoms with Gasteiger partial charge in [-0.3, -0.25) is 24.0 Å². The van der Waals surface area contributed by atoms with E-state index in [1.165, 1.54) is 41.0 Å². The van der Waals surface area contributed by atoms with Gasteiger partial charge >= 0.3 is 12.3 Å². The number of benzene rings is 2. The minimum atomic E-state index is -4.63. The Labute approximate surface area is 316 Å². The van der Waals surface area contributed by atoms with Crippen molar-refractivity contribution in [3.05, 3.63) is 77.1 Å². The van der Waals surface area contributed by atoms with Crippen LogP contribution in [0.1, 0.15) is 81.4 Å². The molecule has 7 rings (SSSR count). The van der Waals surface area contributed by atoms with Crippen LogP contribution in [0.3, 0.4) is 0 Å². The molecule has 0 spiro atoms. The monoisotopic (exact) mass is 789 g/mol. The molecule has 2 aromatic rings. The average Bonchev–Trinajstić information content (AvgIpc) is 3.92. The Morgan fingerprint density at radius 1 is 1.04 bits per heavy atom. The van der Waals surface area contributed by atoms with Gasteiger partial charge in [-0.2, -0.15) is 13.2 Å². The van der Waals surface area contributed by atoms with E-state index in [9.17, 15) is 45.2 Å². The van der Waals surface area contributed by atoms with Gasteiger partial charge in [0.2, 0.25) is 21.8 Å². The molecule has 0 aromatic heterocycles. The second-order valence-corrected chi connectivity index (χ2v) is 17.7. The van der Waals surface area contributed by atoms with E-state index in [4.69, 9.17) is 4.74 Å². The quantitative estimate of drug-likeness (QED) is 0.269. The van der Waals surface area contributed by atoms with Gasteiger partial charge in [-0.15, -0.1) is 0 Å². The lowest BCUT2D eigenvalue weighted by Gasteiger charge is -2.30. The molecule has 3 fully saturated rings. The van der Waals surface area contributed by atoms with Crippen molar-refractivity contribution in [3.8, 4) is 0 Å². The number of allylic oxidation sites excluding steroid dienone is 1. The molecule has 3 aliphatic heterocycles. The zero-order chi connectivity index (χ0) is 39.3. The maximum atomic E-state index is 14.5. The number of nitrogens with zero attached hydrogens (tertiary/aromatic N) is 2. The van der Waals surface area contributed by atoms with Gasteiger partial charge in [-0.25, -0.2) is 17.6 Å². The van der Waals surface area contributed by atoms with Crippen LogP contribution in [0.2, 0.25) is 0 Å². The predicted octanol–water partition coefficient (Wildman–Crippen LogP) is 5.14. The summed E-state index contributed by atoms with van der Waals surface area (Å²) in [5.41, 5.74) is -1.53. The molecule has 0 bridgehead atoms. The van der Waals surface area contributed by atoms with Crippen LogP contribution < -0.4 is 15.4 Å². The van der Waals surface area contributed by atoms with E-state index < -0.39 is 85.8 Å². The van der Waals surface area contributed by atoms with Crippen molar-refractivity contribution in [1.29, 1.82) is 0 Å². The van der Waals surface area contributed by atoms with E-state index in [2.05, 4.69) is 15.4 Å². The Bertz CT molecular complexity index is 2020. The lowest BCUT2D eigenvalue weighted by Crippen LogP contribution is -2.58. The molecule has 17 heteroatoms. The Morgan fingerprint density at radius 3 is 2.53 bits per heavy atom. The number of rotatable bonds is 6. The van der Waals surface area contributed by atoms with Gasteiger partial charge in [0, 0.05) is 30.1 Å². The molecule has 5 atom stereocenters. The number of anilines is 1. The van der Waals surface area contributed by atoms with Crippen LogP contribution in [0.15, 0.2) is 54.6 Å². The summed E-state index contributed by atoms with van der Waals surface area (Å²) in [5, 5.41) is 5.71. The summed E-state index contributed by atoms with van der Waals surface area (Å²) < 4.78 is 88.3. The number of hydrogen-bond donors (Lipinski definition) is 3. The minimum absolute atomic E-state index is 0.0417. The molecule has 0 unspecified atom stereocenters. The van der Waals surface area contributed by atoms with Crippen LogP contribution in [0, 0.1) is 11.7 Å². The highest BCUT2D eigenvalue weighted by Gasteiger charge is 2.63. The summed E-state index contributed by atoms with van der Waals surface area (Å²) in [6.45, 7) is 1.32. The molecule has 55 heavy (non-hydrogen) atoms. The van der Waals surface area contributed by atoms with E-state index in [1.54, 1.807) is 12.1 Å². The van der Waals surface area contributed by atoms with Gasteiger partial charge in [0.05, 0.1) is 23.4 Å². The number of hydrogen-bond acceptors (Lipinski definition) is 8. The van der Waals surface area contributed by atoms with Gasteiger partial charge < -0.3 is 20.3 Å². The fraction of sp³-hybridized carbons (Fsp3) is 0.526. The minimum Gasteiger partial charge on any atom is -0.444 e. The van der Waals surface area contributed by atoms with Crippen molar-refractivity contribution in [2.45, 2.75) is 112 Å². The zero-order valence-corrected chi connectivity index (χ0v) is 31.0. The summed E-state index contributed by atoms with van der Waals surface area (Å²) in [6, 6.07) is 6.58. The highest BCUT2D eigenvalue weighted by Crippen LogP contribution is 2.47. The molecule has 296 valence electrons. The Morgan fingerprint density at radius 2 is 1.80 bits per heavy atom. The molecule has 3 N–H and O–H groups in total. The first-order chi connectivity index (χ1) is 26.0. The molecule has 4 amide bonds. The molecule has 12 nitrogen and oxygen atoms in total. The number of alkyl halides is 3. The molecule has 2 aromatic carbocycles. The number of amides is 4. The van der Waals surface area contributed by atoms with Crippen LogP contribution in [-0.4, -0.2) is 77.1 Å². The van der Waals surface area contributed by atoms with Gasteiger partial charge in [0.25, 0.3) is 5.91 Å². The largest absolute Gasteiger partial charge is 0.444 e. The topological polar surface area (TPSA) is 154 Å². The first-order valence-electron chi connectivity index (χ1n) is 18.5. The normalized spacial score (nSPS) is 28.4. The molecule has 3 heterocycles. The Hall–Kier alpha value is -4.67. The van der Waals surface area contributed by atoms with Crippen LogP contribution in [-0.2, 0) is 48.4 Å². The molecule has 2 saturated carbocycles. The van der Waals surface area contributed by atoms with E-state index in [1.807, 2.05) is 6.08 Å². The number of sulfonamides is 1. The third kappa shape index (κ3) is 7.89. The first kappa shape index (κ1) is 38.6. The summed E-state index contributed by atoms with van der Waals surface area (Å²) in [4.78, 5) is 58.4. The fourth-order valence-electron chi connectivity index (χ4n) is 7.66. The van der Waals surface area contributed by atoms with Crippen LogP contribution in [0.4, 0.5) is 28.0 Å².